The molecule has 0 radical (unpaired) electrons. The molecule has 2 aromatic rings. The monoisotopic (exact) mass is 361 g/mol. The van der Waals surface area contributed by atoms with Gasteiger partial charge in [0.1, 0.15) is 30.8 Å². The molecule has 1 aliphatic heterocycles. The lowest BCUT2D eigenvalue weighted by Crippen LogP contribution is -2.40. The number of nitrogens with zero attached hydrogens (tertiary/aromatic N) is 3. The summed E-state index contributed by atoms with van der Waals surface area (Å²) in [5, 5.41) is 6.76. The lowest BCUT2D eigenvalue weighted by atomic mass is 10.1. The fourth-order valence-corrected chi connectivity index (χ4v) is 2.97. The van der Waals surface area contributed by atoms with E-state index < -0.39 is 12.1 Å². The van der Waals surface area contributed by atoms with Crippen LogP contribution in [0, 0.1) is 5.92 Å². The van der Waals surface area contributed by atoms with Crippen LogP contribution < -0.4 is 11.1 Å². The van der Waals surface area contributed by atoms with Gasteiger partial charge in [0.15, 0.2) is 5.82 Å². The molecule has 0 aliphatic carbocycles. The van der Waals surface area contributed by atoms with Crippen LogP contribution in [0.4, 0.5) is 10.6 Å². The summed E-state index contributed by atoms with van der Waals surface area (Å²) in [6.45, 7) is 3.83. The highest BCUT2D eigenvalue weighted by Gasteiger charge is 2.30. The van der Waals surface area contributed by atoms with Crippen LogP contribution in [0.5, 0.6) is 0 Å². The van der Waals surface area contributed by atoms with Gasteiger partial charge >= 0.3 is 6.09 Å². The number of carbonyl (C=O) groups excluding carboxylic acids is 2. The molecule has 140 valence electrons. The van der Waals surface area contributed by atoms with Gasteiger partial charge in [-0.05, 0) is 30.9 Å². The number of rotatable bonds is 6. The van der Waals surface area contributed by atoms with Crippen LogP contribution in [0.25, 0.3) is 5.52 Å². The number of ether oxygens (including phenoxy) is 2. The molecule has 1 saturated heterocycles. The Morgan fingerprint density at radius 1 is 1.50 bits per heavy atom. The molecule has 9 nitrogen and oxygen atoms in total. The first-order valence-electron chi connectivity index (χ1n) is 8.61. The highest BCUT2D eigenvalue weighted by Crippen LogP contribution is 2.33. The molecule has 2 aromatic heterocycles. The van der Waals surface area contributed by atoms with Crippen molar-refractivity contribution in [3.63, 3.8) is 0 Å². The van der Waals surface area contributed by atoms with E-state index in [0.717, 1.165) is 24.1 Å². The highest BCUT2D eigenvalue weighted by molar-refractivity contribution is 5.73. The second-order valence-corrected chi connectivity index (χ2v) is 6.67. The molecular formula is C17H23N5O4. The van der Waals surface area contributed by atoms with E-state index in [1.54, 1.807) is 4.52 Å². The lowest BCUT2D eigenvalue weighted by molar-refractivity contribution is -0.110. The summed E-state index contributed by atoms with van der Waals surface area (Å²) in [6.07, 6.45) is 2.69. The fraction of sp³-hybridized carbons (Fsp3) is 0.529. The molecule has 1 fully saturated rings. The summed E-state index contributed by atoms with van der Waals surface area (Å²) in [7, 11) is 0. The van der Waals surface area contributed by atoms with Crippen molar-refractivity contribution < 1.29 is 19.1 Å². The highest BCUT2D eigenvalue weighted by atomic mass is 16.6. The van der Waals surface area contributed by atoms with E-state index in [-0.39, 0.29) is 24.7 Å². The quantitative estimate of drug-likeness (QED) is 0.748. The molecule has 0 spiro atoms. The van der Waals surface area contributed by atoms with Crippen LogP contribution in [-0.2, 0) is 14.3 Å². The van der Waals surface area contributed by atoms with Crippen molar-refractivity contribution in [3.05, 3.63) is 24.2 Å². The molecule has 0 saturated carbocycles. The molecule has 3 atom stereocenters. The summed E-state index contributed by atoms with van der Waals surface area (Å²) in [4.78, 5) is 26.7. The van der Waals surface area contributed by atoms with Gasteiger partial charge in [-0.25, -0.2) is 14.3 Å². The molecule has 0 aromatic carbocycles. The van der Waals surface area contributed by atoms with Crippen molar-refractivity contribution in [2.45, 2.75) is 44.9 Å². The van der Waals surface area contributed by atoms with Gasteiger partial charge < -0.3 is 25.3 Å². The number of alkyl carbamates (subject to hydrolysis) is 1. The molecule has 3 rings (SSSR count). The van der Waals surface area contributed by atoms with Crippen LogP contribution >= 0.6 is 0 Å². The lowest BCUT2D eigenvalue weighted by Gasteiger charge is -2.17. The number of nitrogen functional groups attached to an aromatic ring is 1. The smallest absolute Gasteiger partial charge is 0.407 e. The molecular weight excluding hydrogens is 338 g/mol. The number of aromatic nitrogens is 3. The Balaban J connectivity index is 1.55. The first-order chi connectivity index (χ1) is 12.5. The third-order valence-corrected chi connectivity index (χ3v) is 4.50. The molecule has 0 bridgehead atoms. The number of carbonyl (C=O) groups is 2. The van der Waals surface area contributed by atoms with Crippen LogP contribution in [0.2, 0.25) is 0 Å². The number of amides is 1. The van der Waals surface area contributed by atoms with Crippen molar-refractivity contribution in [1.29, 1.82) is 0 Å². The maximum atomic E-state index is 11.8. The van der Waals surface area contributed by atoms with Crippen LogP contribution in [0.3, 0.4) is 0 Å². The number of hydrogen-bond acceptors (Lipinski definition) is 7. The van der Waals surface area contributed by atoms with Gasteiger partial charge in [-0.15, -0.1) is 0 Å². The average molecular weight is 361 g/mol. The van der Waals surface area contributed by atoms with E-state index in [0.29, 0.717) is 12.1 Å². The summed E-state index contributed by atoms with van der Waals surface area (Å²) >= 11 is 0. The van der Waals surface area contributed by atoms with Crippen LogP contribution in [0.15, 0.2) is 18.5 Å². The Labute approximate surface area is 150 Å². The summed E-state index contributed by atoms with van der Waals surface area (Å²) in [6, 6.07) is 3.21. The van der Waals surface area contributed by atoms with Gasteiger partial charge in [0, 0.05) is 0 Å². The van der Waals surface area contributed by atoms with Gasteiger partial charge in [0.25, 0.3) is 0 Å². The first kappa shape index (κ1) is 18.1. The van der Waals surface area contributed by atoms with Crippen molar-refractivity contribution in [2.75, 3.05) is 12.3 Å². The zero-order chi connectivity index (χ0) is 18.7. The maximum absolute atomic E-state index is 11.8. The minimum atomic E-state index is -0.614. The molecule has 3 unspecified atom stereocenters. The van der Waals surface area contributed by atoms with Gasteiger partial charge in [0.05, 0.1) is 17.8 Å². The predicted molar refractivity (Wildman–Crippen MR) is 93.4 cm³/mol. The zero-order valence-corrected chi connectivity index (χ0v) is 14.8. The van der Waals surface area contributed by atoms with Crippen LogP contribution in [0.1, 0.15) is 38.5 Å². The Hall–Kier alpha value is -2.68. The normalized spacial score (nSPS) is 21.0. The molecule has 1 amide bonds. The van der Waals surface area contributed by atoms with Crippen molar-refractivity contribution in [3.8, 4) is 0 Å². The first-order valence-corrected chi connectivity index (χ1v) is 8.61. The van der Waals surface area contributed by atoms with E-state index >= 15 is 0 Å². The number of fused-ring (bicyclic) bond motifs is 1. The van der Waals surface area contributed by atoms with Gasteiger partial charge in [0.2, 0.25) is 0 Å². The zero-order valence-electron chi connectivity index (χ0n) is 14.8. The van der Waals surface area contributed by atoms with E-state index in [1.807, 2.05) is 26.0 Å². The Kier molecular flexibility index (Phi) is 5.36. The standard InChI is InChI=1S/C17H23N5O4/c1-10(2)12(7-23)21-17(24)25-8-11-3-6-15(26-11)13-4-5-14-16(18)19-9-20-22(13)14/h4-5,7,9-12,15H,3,6,8H2,1-2H3,(H,21,24)(H2,18,19,20). The second-order valence-electron chi connectivity index (χ2n) is 6.67. The minimum absolute atomic E-state index is 0.00392. The second kappa shape index (κ2) is 7.69. The Bertz CT molecular complexity index is 791. The number of nitrogens with two attached hydrogens (primary N) is 1. The Morgan fingerprint density at radius 3 is 3.04 bits per heavy atom. The predicted octanol–water partition coefficient (Wildman–Crippen LogP) is 1.48. The van der Waals surface area contributed by atoms with Crippen LogP contribution in [-0.4, -0.2) is 45.7 Å². The molecule has 3 heterocycles. The number of hydrogen-bond donors (Lipinski definition) is 2. The summed E-state index contributed by atoms with van der Waals surface area (Å²) in [5.74, 6) is 0.417. The number of anilines is 1. The van der Waals surface area contributed by atoms with E-state index in [9.17, 15) is 9.59 Å². The largest absolute Gasteiger partial charge is 0.447 e. The number of nitrogens with one attached hydrogen (secondary N) is 1. The van der Waals surface area contributed by atoms with E-state index in [4.69, 9.17) is 15.2 Å². The van der Waals surface area contributed by atoms with E-state index in [2.05, 4.69) is 15.4 Å². The van der Waals surface area contributed by atoms with Gasteiger partial charge in [-0.3, -0.25) is 0 Å². The molecule has 3 N–H and O–H groups in total. The van der Waals surface area contributed by atoms with Crippen molar-refractivity contribution >= 4 is 23.7 Å². The molecule has 1 aliphatic rings. The Morgan fingerprint density at radius 2 is 2.31 bits per heavy atom. The SMILES string of the molecule is CC(C)C(C=O)NC(=O)OCC1CCC(c2ccc3c(N)ncnn23)O1. The fourth-order valence-electron chi connectivity index (χ4n) is 2.97. The topological polar surface area (TPSA) is 121 Å². The molecule has 9 heteroatoms. The minimum Gasteiger partial charge on any atom is -0.447 e. The van der Waals surface area contributed by atoms with Gasteiger partial charge in [-0.2, -0.15) is 5.10 Å². The third-order valence-electron chi connectivity index (χ3n) is 4.50. The third kappa shape index (κ3) is 3.77. The van der Waals surface area contributed by atoms with E-state index in [1.165, 1.54) is 6.33 Å². The van der Waals surface area contributed by atoms with Crippen molar-refractivity contribution in [2.24, 2.45) is 5.92 Å². The molecule has 26 heavy (non-hydrogen) atoms. The average Bonchev–Trinajstić information content (AvgIpc) is 3.24. The summed E-state index contributed by atoms with van der Waals surface area (Å²) in [5.41, 5.74) is 7.47. The van der Waals surface area contributed by atoms with Gasteiger partial charge in [-0.1, -0.05) is 13.8 Å². The number of aldehydes is 1. The summed E-state index contributed by atoms with van der Waals surface area (Å²) < 4.78 is 12.9. The van der Waals surface area contributed by atoms with Crippen molar-refractivity contribution in [1.82, 2.24) is 19.9 Å². The maximum Gasteiger partial charge on any atom is 0.407 e.